The number of carboxylic acids is 1. The number of carboxylic acid groups (broad SMARTS) is 1. The molecule has 5 heteroatoms. The number of benzene rings is 2. The van der Waals surface area contributed by atoms with E-state index in [4.69, 9.17) is 5.11 Å². The molecule has 0 saturated heterocycles. The molecule has 0 spiro atoms. The molecular weight excluding hydrogens is 314 g/mol. The van der Waals surface area contributed by atoms with E-state index in [2.05, 4.69) is 10.2 Å². The van der Waals surface area contributed by atoms with Crippen LogP contribution in [0.1, 0.15) is 34.2 Å². The number of halogens is 2. The summed E-state index contributed by atoms with van der Waals surface area (Å²) in [6, 6.07) is 7.08. The molecule has 2 aromatic carbocycles. The summed E-state index contributed by atoms with van der Waals surface area (Å²) in [6.45, 7) is 5.28. The molecule has 0 amide bonds. The molecule has 1 unspecified atom stereocenters. The number of rotatable bonds is 4. The molecule has 0 aliphatic rings. The average Bonchev–Trinajstić information content (AvgIpc) is 2.43. The summed E-state index contributed by atoms with van der Waals surface area (Å²) >= 11 is 0. The van der Waals surface area contributed by atoms with Gasteiger partial charge in [-0.2, -0.15) is 0 Å². The van der Waals surface area contributed by atoms with E-state index in [1.165, 1.54) is 6.07 Å². The molecule has 2 nitrogen and oxygen atoms in total. The monoisotopic (exact) mass is 331 g/mol. The molecule has 0 fully saturated rings. The van der Waals surface area contributed by atoms with Gasteiger partial charge in [0.15, 0.2) is 0 Å². The van der Waals surface area contributed by atoms with E-state index in [9.17, 15) is 13.6 Å². The van der Waals surface area contributed by atoms with Crippen molar-refractivity contribution in [2.24, 2.45) is 0 Å². The molecule has 23 heavy (non-hydrogen) atoms. The lowest BCUT2D eigenvalue weighted by Crippen LogP contribution is -2.12. The standard InChI is InChI=1S/C18H17F2O2Si/c1-9-5-4-6-10(2)15(9)12-7-11(3)17(19)16(18(12)20)13(23)8-14(21)22/h4-7,13H,8H2,1-3H3,(H,21,22). The molecule has 2 aromatic rings. The first-order valence-electron chi connectivity index (χ1n) is 7.22. The first-order chi connectivity index (χ1) is 10.7. The lowest BCUT2D eigenvalue weighted by atomic mass is 9.91. The lowest BCUT2D eigenvalue weighted by molar-refractivity contribution is -0.137. The van der Waals surface area contributed by atoms with Crippen LogP contribution in [0.4, 0.5) is 8.78 Å². The second-order valence-electron chi connectivity index (χ2n) is 5.70. The van der Waals surface area contributed by atoms with Crippen molar-refractivity contribution >= 4 is 16.2 Å². The van der Waals surface area contributed by atoms with Crippen LogP contribution in [0.25, 0.3) is 11.1 Å². The quantitative estimate of drug-likeness (QED) is 0.851. The average molecular weight is 331 g/mol. The molecule has 0 aliphatic heterocycles. The van der Waals surface area contributed by atoms with E-state index in [-0.39, 0.29) is 11.1 Å². The van der Waals surface area contributed by atoms with Gasteiger partial charge in [0.1, 0.15) is 11.6 Å². The Labute approximate surface area is 137 Å². The first-order valence-corrected chi connectivity index (χ1v) is 7.79. The number of hydrogen-bond donors (Lipinski definition) is 1. The fraction of sp³-hybridized carbons (Fsp3) is 0.278. The van der Waals surface area contributed by atoms with Crippen LogP contribution in [-0.4, -0.2) is 21.3 Å². The molecular formula is C18H17F2O2Si. The van der Waals surface area contributed by atoms with Gasteiger partial charge < -0.3 is 5.11 Å². The van der Waals surface area contributed by atoms with Crippen LogP contribution in [0.3, 0.4) is 0 Å². The van der Waals surface area contributed by atoms with Gasteiger partial charge in [-0.15, -0.1) is 0 Å². The summed E-state index contributed by atoms with van der Waals surface area (Å²) in [7, 11) is 3.16. The molecule has 0 saturated carbocycles. The van der Waals surface area contributed by atoms with E-state index in [1.807, 2.05) is 32.0 Å². The minimum Gasteiger partial charge on any atom is -0.481 e. The topological polar surface area (TPSA) is 37.3 Å². The van der Waals surface area contributed by atoms with Gasteiger partial charge in [-0.05, 0) is 54.6 Å². The minimum atomic E-state index is -1.13. The second kappa shape index (κ2) is 6.62. The number of carbonyl (C=O) groups is 1. The smallest absolute Gasteiger partial charge is 0.303 e. The third-order valence-corrected chi connectivity index (χ3v) is 4.39. The summed E-state index contributed by atoms with van der Waals surface area (Å²) in [5.74, 6) is -2.55. The molecule has 0 aromatic heterocycles. The molecule has 1 N–H and O–H groups in total. The third-order valence-electron chi connectivity index (χ3n) is 3.89. The van der Waals surface area contributed by atoms with Crippen LogP contribution >= 0.6 is 0 Å². The predicted octanol–water partition coefficient (Wildman–Crippen LogP) is 4.24. The second-order valence-corrected chi connectivity index (χ2v) is 6.40. The molecule has 0 aliphatic carbocycles. The largest absolute Gasteiger partial charge is 0.481 e. The van der Waals surface area contributed by atoms with E-state index < -0.39 is 29.6 Å². The van der Waals surface area contributed by atoms with Crippen molar-refractivity contribution in [3.8, 4) is 11.1 Å². The third kappa shape index (κ3) is 3.34. The Morgan fingerprint density at radius 2 is 1.70 bits per heavy atom. The highest BCUT2D eigenvalue weighted by Gasteiger charge is 2.24. The molecule has 119 valence electrons. The number of aliphatic carboxylic acids is 1. The van der Waals surface area contributed by atoms with Crippen molar-refractivity contribution in [2.45, 2.75) is 32.7 Å². The Hall–Kier alpha value is -2.01. The van der Waals surface area contributed by atoms with E-state index >= 15 is 0 Å². The number of aryl methyl sites for hydroxylation is 3. The van der Waals surface area contributed by atoms with E-state index in [1.54, 1.807) is 6.92 Å². The molecule has 3 radical (unpaired) electrons. The number of hydrogen-bond acceptors (Lipinski definition) is 1. The lowest BCUT2D eigenvalue weighted by Gasteiger charge is -2.18. The van der Waals surface area contributed by atoms with Gasteiger partial charge in [0.05, 0.1) is 0 Å². The van der Waals surface area contributed by atoms with Crippen LogP contribution in [0, 0.1) is 32.4 Å². The van der Waals surface area contributed by atoms with Crippen molar-refractivity contribution in [2.75, 3.05) is 0 Å². The van der Waals surface area contributed by atoms with Crippen LogP contribution in [0.15, 0.2) is 24.3 Å². The SMILES string of the molecule is Cc1cc(-c2c(C)cccc2C)c(F)c(C([Si])CC(=O)O)c1F. The van der Waals surface area contributed by atoms with Crippen molar-refractivity contribution in [1.82, 2.24) is 0 Å². The van der Waals surface area contributed by atoms with Crippen molar-refractivity contribution in [1.29, 1.82) is 0 Å². The highest BCUT2D eigenvalue weighted by Crippen LogP contribution is 2.36. The van der Waals surface area contributed by atoms with Gasteiger partial charge in [-0.25, -0.2) is 8.78 Å². The van der Waals surface area contributed by atoms with E-state index in [0.29, 0.717) is 11.1 Å². The Kier molecular flexibility index (Phi) is 4.99. The van der Waals surface area contributed by atoms with Gasteiger partial charge >= 0.3 is 5.97 Å². The van der Waals surface area contributed by atoms with Crippen molar-refractivity contribution in [3.63, 3.8) is 0 Å². The zero-order valence-electron chi connectivity index (χ0n) is 13.2. The fourth-order valence-electron chi connectivity index (χ4n) is 2.80. The van der Waals surface area contributed by atoms with Crippen LogP contribution < -0.4 is 0 Å². The maximum Gasteiger partial charge on any atom is 0.303 e. The van der Waals surface area contributed by atoms with Gasteiger partial charge in [0, 0.05) is 27.8 Å². The maximum atomic E-state index is 15.0. The van der Waals surface area contributed by atoms with Gasteiger partial charge in [0.2, 0.25) is 0 Å². The normalized spacial score (nSPS) is 12.3. The summed E-state index contributed by atoms with van der Waals surface area (Å²) in [4.78, 5) is 10.9. The highest BCUT2D eigenvalue weighted by molar-refractivity contribution is 6.13. The van der Waals surface area contributed by atoms with Gasteiger partial charge in [0.25, 0.3) is 0 Å². The molecule has 2 rings (SSSR count). The Morgan fingerprint density at radius 1 is 1.13 bits per heavy atom. The summed E-state index contributed by atoms with van der Waals surface area (Å²) in [5.41, 5.74) is 1.88. The maximum absolute atomic E-state index is 15.0. The Bertz CT molecular complexity index is 752. The van der Waals surface area contributed by atoms with Gasteiger partial charge in [-0.1, -0.05) is 18.2 Å². The molecule has 0 heterocycles. The van der Waals surface area contributed by atoms with Gasteiger partial charge in [-0.3, -0.25) is 4.79 Å². The Morgan fingerprint density at radius 3 is 2.22 bits per heavy atom. The Balaban J connectivity index is 2.73. The highest BCUT2D eigenvalue weighted by atomic mass is 28.1. The van der Waals surface area contributed by atoms with Crippen molar-refractivity contribution in [3.05, 3.63) is 58.2 Å². The van der Waals surface area contributed by atoms with Crippen LogP contribution in [0.5, 0.6) is 0 Å². The van der Waals surface area contributed by atoms with Crippen molar-refractivity contribution < 1.29 is 18.7 Å². The van der Waals surface area contributed by atoms with E-state index in [0.717, 1.165) is 11.1 Å². The predicted molar refractivity (Wildman–Crippen MR) is 86.8 cm³/mol. The summed E-state index contributed by atoms with van der Waals surface area (Å²) in [5, 5.41) is 8.89. The zero-order chi connectivity index (χ0) is 17.3. The van der Waals surface area contributed by atoms with Crippen LogP contribution in [-0.2, 0) is 4.79 Å². The summed E-state index contributed by atoms with van der Waals surface area (Å²) < 4.78 is 29.4. The molecule has 1 atom stereocenters. The fourth-order valence-corrected chi connectivity index (χ4v) is 3.23. The summed E-state index contributed by atoms with van der Waals surface area (Å²) in [6.07, 6.45) is -0.402. The minimum absolute atomic E-state index is 0.235. The zero-order valence-corrected chi connectivity index (χ0v) is 14.2. The first kappa shape index (κ1) is 17.3. The molecule has 0 bridgehead atoms. The van der Waals surface area contributed by atoms with Crippen LogP contribution in [0.2, 0.25) is 0 Å².